The molecule has 0 saturated carbocycles. The second-order valence-electron chi connectivity index (χ2n) is 5.53. The molecule has 0 radical (unpaired) electrons. The summed E-state index contributed by atoms with van der Waals surface area (Å²) in [6.45, 7) is 4.68. The van der Waals surface area contributed by atoms with Crippen LogP contribution in [0.1, 0.15) is 5.82 Å². The minimum atomic E-state index is 0.655. The molecule has 1 aromatic heterocycles. The van der Waals surface area contributed by atoms with Crippen molar-refractivity contribution in [1.29, 1.82) is 0 Å². The topological polar surface area (TPSA) is 38.4 Å². The van der Waals surface area contributed by atoms with Crippen molar-refractivity contribution in [3.05, 3.63) is 48.5 Å². The minimum Gasteiger partial charge on any atom is -0.347 e. The molecule has 2 heterocycles. The first-order valence-corrected chi connectivity index (χ1v) is 7.93. The lowest BCUT2D eigenvalue weighted by Crippen LogP contribution is -2.51. The number of hydrogen-bond donors (Lipinski definition) is 1. The van der Waals surface area contributed by atoms with E-state index in [1.54, 1.807) is 6.20 Å². The Kier molecular flexibility index (Phi) is 4.70. The molecule has 1 saturated heterocycles. The van der Waals surface area contributed by atoms with Crippen molar-refractivity contribution in [2.45, 2.75) is 6.54 Å². The third-order valence-corrected chi connectivity index (χ3v) is 4.41. The molecule has 1 fully saturated rings. The van der Waals surface area contributed by atoms with Gasteiger partial charge in [-0.3, -0.25) is 0 Å². The number of benzene rings is 1. The van der Waals surface area contributed by atoms with E-state index in [4.69, 9.17) is 12.2 Å². The molecule has 116 valence electrons. The summed E-state index contributed by atoms with van der Waals surface area (Å²) in [5, 5.41) is 0.871. The second kappa shape index (κ2) is 6.89. The average Bonchev–Trinajstić information content (AvgIpc) is 3.07. The summed E-state index contributed by atoms with van der Waals surface area (Å²) >= 11 is 5.78. The van der Waals surface area contributed by atoms with E-state index < -0.39 is 0 Å². The highest BCUT2D eigenvalue weighted by atomic mass is 32.1. The molecule has 0 aliphatic carbocycles. The van der Waals surface area contributed by atoms with Gasteiger partial charge in [0.25, 0.3) is 0 Å². The first-order valence-electron chi connectivity index (χ1n) is 7.52. The fraction of sp³-hybridized carbons (Fsp3) is 0.375. The van der Waals surface area contributed by atoms with Crippen LogP contribution in [0.3, 0.4) is 0 Å². The van der Waals surface area contributed by atoms with Crippen molar-refractivity contribution in [2.24, 2.45) is 0 Å². The minimum absolute atomic E-state index is 0.655. The van der Waals surface area contributed by atoms with E-state index in [0.29, 0.717) is 6.54 Å². The number of aromatic nitrogens is 2. The number of H-pyrrole nitrogens is 1. The number of imidazole rings is 1. The lowest BCUT2D eigenvalue weighted by atomic mass is 10.3. The Hall–Kier alpha value is -1.92. The van der Waals surface area contributed by atoms with Gasteiger partial charge in [0.15, 0.2) is 5.11 Å². The smallest absolute Gasteiger partial charge is 0.176 e. The maximum atomic E-state index is 5.78. The third-order valence-electron chi connectivity index (χ3n) is 3.94. The van der Waals surface area contributed by atoms with Crippen LogP contribution in [0, 0.1) is 0 Å². The number of aromatic amines is 1. The summed E-state index contributed by atoms with van der Waals surface area (Å²) in [6, 6.07) is 10.3. The number of thiocarbonyl (C=S) groups is 1. The molecule has 0 bridgehead atoms. The Morgan fingerprint density at radius 2 is 1.95 bits per heavy atom. The molecule has 5 nitrogen and oxygen atoms in total. The monoisotopic (exact) mass is 315 g/mol. The summed E-state index contributed by atoms with van der Waals surface area (Å²) in [7, 11) is 2.15. The highest BCUT2D eigenvalue weighted by Gasteiger charge is 2.22. The Bertz CT molecular complexity index is 590. The zero-order valence-electron chi connectivity index (χ0n) is 12.8. The Balaban J connectivity index is 1.80. The number of para-hydroxylation sites is 1. The lowest BCUT2D eigenvalue weighted by Gasteiger charge is -2.38. The predicted octanol–water partition coefficient (Wildman–Crippen LogP) is 1.95. The van der Waals surface area contributed by atoms with E-state index in [2.05, 4.69) is 43.8 Å². The predicted molar refractivity (Wildman–Crippen MR) is 92.9 cm³/mol. The van der Waals surface area contributed by atoms with Crippen LogP contribution >= 0.6 is 12.2 Å². The number of nitrogens with one attached hydrogen (secondary N) is 1. The number of piperazine rings is 1. The molecule has 0 unspecified atom stereocenters. The van der Waals surface area contributed by atoms with Gasteiger partial charge >= 0.3 is 0 Å². The molecule has 0 spiro atoms. The molecule has 3 rings (SSSR count). The quantitative estimate of drug-likeness (QED) is 0.877. The Morgan fingerprint density at radius 1 is 1.23 bits per heavy atom. The van der Waals surface area contributed by atoms with Crippen LogP contribution in [-0.2, 0) is 6.54 Å². The highest BCUT2D eigenvalue weighted by Crippen LogP contribution is 2.18. The van der Waals surface area contributed by atoms with E-state index in [1.165, 1.54) is 0 Å². The van der Waals surface area contributed by atoms with Gasteiger partial charge in [-0.25, -0.2) is 4.98 Å². The van der Waals surface area contributed by atoms with Crippen LogP contribution in [0.4, 0.5) is 5.69 Å². The Morgan fingerprint density at radius 3 is 2.59 bits per heavy atom. The number of nitrogens with zero attached hydrogens (tertiary/aromatic N) is 4. The van der Waals surface area contributed by atoms with Gasteiger partial charge in [0, 0.05) is 44.3 Å². The second-order valence-corrected chi connectivity index (χ2v) is 5.90. The van der Waals surface area contributed by atoms with E-state index in [9.17, 15) is 0 Å². The van der Waals surface area contributed by atoms with Crippen LogP contribution in [0.25, 0.3) is 0 Å². The maximum Gasteiger partial charge on any atom is 0.176 e. The Labute approximate surface area is 136 Å². The van der Waals surface area contributed by atoms with Gasteiger partial charge in [0.2, 0.25) is 0 Å². The van der Waals surface area contributed by atoms with Crippen LogP contribution in [0.15, 0.2) is 42.7 Å². The number of hydrogen-bond acceptors (Lipinski definition) is 3. The summed E-state index contributed by atoms with van der Waals surface area (Å²) in [6.07, 6.45) is 3.62. The standard InChI is InChI=1S/C16H21N5S/c1-19-9-11-20(12-10-19)16(22)21(13-15-17-7-8-18-15)14-5-3-2-4-6-14/h2-8H,9-13H2,1H3,(H,17,18). The van der Waals surface area contributed by atoms with Gasteiger partial charge in [0.1, 0.15) is 5.82 Å². The SMILES string of the molecule is CN1CCN(C(=S)N(Cc2ncc[nH]2)c2ccccc2)CC1. The molecule has 2 aromatic rings. The van der Waals surface area contributed by atoms with Crippen molar-refractivity contribution in [1.82, 2.24) is 19.8 Å². The van der Waals surface area contributed by atoms with Crippen molar-refractivity contribution >= 4 is 23.0 Å². The average molecular weight is 315 g/mol. The zero-order valence-corrected chi connectivity index (χ0v) is 13.6. The molecule has 1 aromatic carbocycles. The summed E-state index contributed by atoms with van der Waals surface area (Å²) < 4.78 is 0. The number of rotatable bonds is 3. The van der Waals surface area contributed by atoms with Gasteiger partial charge in [-0.15, -0.1) is 0 Å². The van der Waals surface area contributed by atoms with Crippen molar-refractivity contribution in [2.75, 3.05) is 38.1 Å². The van der Waals surface area contributed by atoms with Crippen molar-refractivity contribution < 1.29 is 0 Å². The van der Waals surface area contributed by atoms with Gasteiger partial charge < -0.3 is 19.7 Å². The van der Waals surface area contributed by atoms with E-state index in [1.807, 2.05) is 24.4 Å². The molecule has 22 heavy (non-hydrogen) atoms. The molecule has 0 atom stereocenters. The van der Waals surface area contributed by atoms with E-state index >= 15 is 0 Å². The molecule has 1 N–H and O–H groups in total. The first kappa shape index (κ1) is 15.0. The molecular formula is C16H21N5S. The van der Waals surface area contributed by atoms with Gasteiger partial charge in [-0.05, 0) is 31.4 Å². The van der Waals surface area contributed by atoms with Gasteiger partial charge in [0.05, 0.1) is 6.54 Å². The summed E-state index contributed by atoms with van der Waals surface area (Å²) in [4.78, 5) is 14.3. The molecular weight excluding hydrogens is 294 g/mol. The van der Waals surface area contributed by atoms with Crippen molar-refractivity contribution in [3.8, 4) is 0 Å². The highest BCUT2D eigenvalue weighted by molar-refractivity contribution is 7.80. The van der Waals surface area contributed by atoms with Gasteiger partial charge in [-0.1, -0.05) is 18.2 Å². The summed E-state index contributed by atoms with van der Waals surface area (Å²) in [5.74, 6) is 0.917. The van der Waals surface area contributed by atoms with Crippen LogP contribution in [-0.4, -0.2) is 58.1 Å². The molecule has 1 aliphatic rings. The lowest BCUT2D eigenvalue weighted by molar-refractivity contribution is 0.215. The molecule has 0 amide bonds. The molecule has 1 aliphatic heterocycles. The zero-order chi connectivity index (χ0) is 15.4. The van der Waals surface area contributed by atoms with E-state index in [-0.39, 0.29) is 0 Å². The van der Waals surface area contributed by atoms with Crippen LogP contribution < -0.4 is 4.90 Å². The van der Waals surface area contributed by atoms with Gasteiger partial charge in [-0.2, -0.15) is 0 Å². The first-order chi connectivity index (χ1) is 10.7. The van der Waals surface area contributed by atoms with Crippen molar-refractivity contribution in [3.63, 3.8) is 0 Å². The summed E-state index contributed by atoms with van der Waals surface area (Å²) in [5.41, 5.74) is 1.10. The third kappa shape index (κ3) is 3.45. The fourth-order valence-electron chi connectivity index (χ4n) is 2.58. The van der Waals surface area contributed by atoms with Crippen LogP contribution in [0.2, 0.25) is 0 Å². The number of anilines is 1. The normalized spacial score (nSPS) is 15.8. The number of likely N-dealkylation sites (N-methyl/N-ethyl adjacent to an activating group) is 1. The molecule has 6 heteroatoms. The largest absolute Gasteiger partial charge is 0.347 e. The van der Waals surface area contributed by atoms with Crippen LogP contribution in [0.5, 0.6) is 0 Å². The maximum absolute atomic E-state index is 5.78. The fourth-order valence-corrected chi connectivity index (χ4v) is 2.93. The van der Waals surface area contributed by atoms with E-state index in [0.717, 1.165) is 42.8 Å².